The van der Waals surface area contributed by atoms with Crippen LogP contribution in [0.5, 0.6) is 0 Å². The lowest BCUT2D eigenvalue weighted by Crippen LogP contribution is -2.39. The van der Waals surface area contributed by atoms with Gasteiger partial charge in [-0.25, -0.2) is 9.59 Å². The van der Waals surface area contributed by atoms with Gasteiger partial charge in [0.1, 0.15) is 6.10 Å². The number of carbonyl (C=O) groups excluding carboxylic acids is 2. The highest BCUT2D eigenvalue weighted by molar-refractivity contribution is 5.99. The van der Waals surface area contributed by atoms with E-state index in [-0.39, 0.29) is 30.6 Å². The number of urea groups is 1. The van der Waals surface area contributed by atoms with E-state index in [4.69, 9.17) is 9.84 Å². The summed E-state index contributed by atoms with van der Waals surface area (Å²) in [6.45, 7) is 1.01. The molecular weight excluding hydrogens is 424 g/mol. The van der Waals surface area contributed by atoms with Crippen molar-refractivity contribution in [1.82, 2.24) is 9.88 Å². The van der Waals surface area contributed by atoms with Gasteiger partial charge in [-0.3, -0.25) is 9.78 Å². The van der Waals surface area contributed by atoms with Crippen LogP contribution in [0.2, 0.25) is 0 Å². The maximum absolute atomic E-state index is 12.7. The van der Waals surface area contributed by atoms with Crippen molar-refractivity contribution >= 4 is 29.5 Å². The predicted molar refractivity (Wildman–Crippen MR) is 122 cm³/mol. The Morgan fingerprint density at radius 1 is 1.00 bits per heavy atom. The summed E-state index contributed by atoms with van der Waals surface area (Å²) < 4.78 is 5.70. The van der Waals surface area contributed by atoms with E-state index in [0.717, 1.165) is 24.0 Å². The Labute approximate surface area is 192 Å². The third kappa shape index (κ3) is 6.21. The molecule has 9 nitrogen and oxygen atoms in total. The molecule has 1 aromatic carbocycles. The molecule has 2 aromatic rings. The molecule has 174 valence electrons. The first-order valence-corrected chi connectivity index (χ1v) is 11.2. The molecule has 3 amide bonds. The number of fused-ring (bicyclic) bond motifs is 1. The minimum atomic E-state index is -0.768. The molecule has 4 rings (SSSR count). The van der Waals surface area contributed by atoms with Crippen LogP contribution in [0, 0.1) is 5.92 Å². The Bertz CT molecular complexity index is 1010. The van der Waals surface area contributed by atoms with Gasteiger partial charge in [-0.15, -0.1) is 0 Å². The van der Waals surface area contributed by atoms with E-state index in [1.807, 2.05) is 18.2 Å². The zero-order valence-corrected chi connectivity index (χ0v) is 18.3. The van der Waals surface area contributed by atoms with Gasteiger partial charge in [0.25, 0.3) is 0 Å². The van der Waals surface area contributed by atoms with Gasteiger partial charge in [0.05, 0.1) is 0 Å². The average molecular weight is 453 g/mol. The predicted octanol–water partition coefficient (Wildman–Crippen LogP) is 4.25. The number of carbonyl (C=O) groups is 3. The lowest BCUT2D eigenvalue weighted by molar-refractivity contribution is -0.138. The molecular formula is C24H28N4O5. The van der Waals surface area contributed by atoms with Crippen LogP contribution in [0.15, 0.2) is 42.7 Å². The number of hydrogen-bond donors (Lipinski definition) is 3. The molecule has 1 saturated carbocycles. The second kappa shape index (κ2) is 10.3. The number of hydrogen-bond acceptors (Lipinski definition) is 5. The molecule has 0 atom stereocenters. The van der Waals surface area contributed by atoms with Crippen LogP contribution in [0.1, 0.15) is 43.2 Å². The van der Waals surface area contributed by atoms with E-state index in [2.05, 4.69) is 15.6 Å². The van der Waals surface area contributed by atoms with Crippen molar-refractivity contribution < 1.29 is 24.2 Å². The minimum absolute atomic E-state index is 0.144. The molecule has 33 heavy (non-hydrogen) atoms. The van der Waals surface area contributed by atoms with Crippen LogP contribution in [-0.4, -0.2) is 45.7 Å². The third-order valence-electron chi connectivity index (χ3n) is 6.20. The Morgan fingerprint density at radius 3 is 2.45 bits per heavy atom. The number of nitrogens with zero attached hydrogens (tertiary/aromatic N) is 2. The number of nitrogens with one attached hydrogen (secondary N) is 2. The zero-order chi connectivity index (χ0) is 23.2. The summed E-state index contributed by atoms with van der Waals surface area (Å²) in [5.74, 6) is -0.593. The highest BCUT2D eigenvalue weighted by atomic mass is 16.6. The maximum Gasteiger partial charge on any atom is 0.410 e. The number of aliphatic carboxylic acids is 1. The van der Waals surface area contributed by atoms with Gasteiger partial charge < -0.3 is 25.4 Å². The van der Waals surface area contributed by atoms with Crippen molar-refractivity contribution in [3.8, 4) is 0 Å². The maximum atomic E-state index is 12.7. The Hall–Kier alpha value is -3.62. The van der Waals surface area contributed by atoms with Gasteiger partial charge in [-0.05, 0) is 73.4 Å². The van der Waals surface area contributed by atoms with Gasteiger partial charge in [0, 0.05) is 43.3 Å². The summed E-state index contributed by atoms with van der Waals surface area (Å²) in [6, 6.07) is 8.77. The normalized spacial score (nSPS) is 19.8. The lowest BCUT2D eigenvalue weighted by atomic mass is 9.85. The summed E-state index contributed by atoms with van der Waals surface area (Å²) in [7, 11) is 0. The van der Waals surface area contributed by atoms with Gasteiger partial charge in [0.2, 0.25) is 0 Å². The molecule has 0 saturated heterocycles. The molecule has 3 N–H and O–H groups in total. The van der Waals surface area contributed by atoms with E-state index in [0.29, 0.717) is 43.7 Å². The number of rotatable bonds is 5. The Morgan fingerprint density at radius 2 is 1.73 bits per heavy atom. The molecule has 2 aliphatic rings. The summed E-state index contributed by atoms with van der Waals surface area (Å²) in [5, 5.41) is 14.5. The van der Waals surface area contributed by atoms with Gasteiger partial charge in [-0.2, -0.15) is 0 Å². The fraction of sp³-hybridized carbons (Fsp3) is 0.417. The number of aromatic nitrogens is 1. The van der Waals surface area contributed by atoms with Crippen molar-refractivity contribution in [2.75, 3.05) is 17.2 Å². The van der Waals surface area contributed by atoms with Crippen molar-refractivity contribution in [3.63, 3.8) is 0 Å². The molecule has 0 bridgehead atoms. The summed E-state index contributed by atoms with van der Waals surface area (Å²) >= 11 is 0. The highest BCUT2D eigenvalue weighted by Crippen LogP contribution is 2.30. The standard InChI is InChI=1S/C24H28N4O5/c29-22(30)13-16-1-5-21(6-2-16)33-24(32)28-12-9-17-14-20(4-3-18(17)15-28)27-23(31)26-19-7-10-25-11-8-19/h3-4,7-8,10-11,14,16,21H,1-2,5-6,9,12-13,15H2,(H,29,30)(H2,25,26,27,31)/t16-,21-. The lowest BCUT2D eigenvalue weighted by Gasteiger charge is -2.32. The van der Waals surface area contributed by atoms with Crippen molar-refractivity contribution in [2.45, 2.75) is 51.2 Å². The molecule has 9 heteroatoms. The molecule has 1 aliphatic carbocycles. The first-order chi connectivity index (χ1) is 16.0. The smallest absolute Gasteiger partial charge is 0.410 e. The number of ether oxygens (including phenoxy) is 1. The van der Waals surface area contributed by atoms with E-state index < -0.39 is 5.97 Å². The Kier molecular flexibility index (Phi) is 7.07. The monoisotopic (exact) mass is 452 g/mol. The number of amides is 3. The van der Waals surface area contributed by atoms with Crippen molar-refractivity contribution in [2.24, 2.45) is 5.92 Å². The molecule has 0 unspecified atom stereocenters. The molecule has 1 fully saturated rings. The average Bonchev–Trinajstić information content (AvgIpc) is 2.80. The largest absolute Gasteiger partial charge is 0.481 e. The highest BCUT2D eigenvalue weighted by Gasteiger charge is 2.28. The molecule has 2 heterocycles. The van der Waals surface area contributed by atoms with Crippen molar-refractivity contribution in [1.29, 1.82) is 0 Å². The molecule has 0 radical (unpaired) electrons. The van der Waals surface area contributed by atoms with E-state index >= 15 is 0 Å². The number of carboxylic acid groups (broad SMARTS) is 1. The number of benzene rings is 1. The molecule has 1 aromatic heterocycles. The number of carboxylic acids is 1. The van der Waals surface area contributed by atoms with Crippen LogP contribution in [0.3, 0.4) is 0 Å². The Balaban J connectivity index is 1.27. The second-order valence-corrected chi connectivity index (χ2v) is 8.59. The topological polar surface area (TPSA) is 121 Å². The molecule has 1 aliphatic heterocycles. The van der Waals surface area contributed by atoms with E-state index in [9.17, 15) is 14.4 Å². The quantitative estimate of drug-likeness (QED) is 0.624. The summed E-state index contributed by atoms with van der Waals surface area (Å²) in [6.07, 6.45) is 6.59. The van der Waals surface area contributed by atoms with Crippen LogP contribution in [0.25, 0.3) is 0 Å². The van der Waals surface area contributed by atoms with Gasteiger partial charge in [-0.1, -0.05) is 6.07 Å². The third-order valence-corrected chi connectivity index (χ3v) is 6.20. The molecule has 0 spiro atoms. The van der Waals surface area contributed by atoms with Crippen LogP contribution in [0.4, 0.5) is 21.0 Å². The fourth-order valence-corrected chi connectivity index (χ4v) is 4.43. The minimum Gasteiger partial charge on any atom is -0.481 e. The summed E-state index contributed by atoms with van der Waals surface area (Å²) in [4.78, 5) is 41.4. The number of pyridine rings is 1. The van der Waals surface area contributed by atoms with Crippen LogP contribution in [-0.2, 0) is 22.5 Å². The summed E-state index contributed by atoms with van der Waals surface area (Å²) in [5.41, 5.74) is 3.47. The zero-order valence-electron chi connectivity index (χ0n) is 18.3. The van der Waals surface area contributed by atoms with Crippen LogP contribution < -0.4 is 10.6 Å². The van der Waals surface area contributed by atoms with Gasteiger partial charge in [0.15, 0.2) is 0 Å². The van der Waals surface area contributed by atoms with Gasteiger partial charge >= 0.3 is 18.1 Å². The SMILES string of the molecule is O=C(O)C[C@H]1CC[C@H](OC(=O)N2CCc3cc(NC(=O)Nc4ccncc4)ccc3C2)CC1. The van der Waals surface area contributed by atoms with Crippen LogP contribution >= 0.6 is 0 Å². The van der Waals surface area contributed by atoms with E-state index in [1.165, 1.54) is 0 Å². The van der Waals surface area contributed by atoms with E-state index in [1.54, 1.807) is 29.4 Å². The first-order valence-electron chi connectivity index (χ1n) is 11.2. The first kappa shape index (κ1) is 22.6. The second-order valence-electron chi connectivity index (χ2n) is 8.59. The van der Waals surface area contributed by atoms with Crippen molar-refractivity contribution in [3.05, 3.63) is 53.9 Å². The number of anilines is 2. The fourth-order valence-electron chi connectivity index (χ4n) is 4.43.